The van der Waals surface area contributed by atoms with Crippen molar-refractivity contribution in [1.82, 2.24) is 14.8 Å². The zero-order valence-electron chi connectivity index (χ0n) is 7.91. The summed E-state index contributed by atoms with van der Waals surface area (Å²) in [5, 5.41) is 13.9. The summed E-state index contributed by atoms with van der Waals surface area (Å²) in [5.41, 5.74) is 5.01. The summed E-state index contributed by atoms with van der Waals surface area (Å²) in [4.78, 5) is 11.1. The number of aromatic amines is 1. The van der Waals surface area contributed by atoms with Crippen LogP contribution >= 0.6 is 11.8 Å². The van der Waals surface area contributed by atoms with Crippen LogP contribution in [0.3, 0.4) is 0 Å². The Balaban J connectivity index is 2.58. The molecule has 4 N–H and O–H groups in total. The topological polar surface area (TPSA) is 101 Å². The van der Waals surface area contributed by atoms with Gasteiger partial charge in [-0.25, -0.2) is 9.89 Å². The van der Waals surface area contributed by atoms with Gasteiger partial charge in [0, 0.05) is 18.7 Å². The second-order valence-electron chi connectivity index (χ2n) is 2.68. The second kappa shape index (κ2) is 4.85. The number of rotatable bonds is 5. The highest BCUT2D eigenvalue weighted by atomic mass is 32.2. The molecular formula is C7H13N5OS. The van der Waals surface area contributed by atoms with Crippen molar-refractivity contribution in [3.63, 3.8) is 0 Å². The molecule has 1 aromatic heterocycles. The summed E-state index contributed by atoms with van der Waals surface area (Å²) in [6, 6.07) is 0. The maximum absolute atomic E-state index is 11.1. The first kappa shape index (κ1) is 10.8. The maximum atomic E-state index is 11.1. The van der Waals surface area contributed by atoms with E-state index in [9.17, 15) is 4.79 Å². The highest BCUT2D eigenvalue weighted by Gasteiger charge is 2.06. The van der Waals surface area contributed by atoms with Crippen LogP contribution in [0, 0.1) is 5.41 Å². The maximum Gasteiger partial charge on any atom is 0.343 e. The molecule has 0 aromatic carbocycles. The fourth-order valence-corrected chi connectivity index (χ4v) is 1.93. The number of nitrogens with two attached hydrogens (primary N) is 1. The fourth-order valence-electron chi connectivity index (χ4n) is 0.945. The fraction of sp³-hybridized carbons (Fsp3) is 0.571. The number of nitrogens with zero attached hydrogens (tertiary/aromatic N) is 2. The van der Waals surface area contributed by atoms with Gasteiger partial charge in [-0.15, -0.1) is 5.10 Å². The number of hydrogen-bond acceptors (Lipinski definition) is 4. The van der Waals surface area contributed by atoms with Gasteiger partial charge in [-0.05, 0) is 6.92 Å². The number of hydrogen-bond donors (Lipinski definition) is 3. The predicted octanol–water partition coefficient (Wildman–Crippen LogP) is 0.00947. The molecule has 6 nitrogen and oxygen atoms in total. The number of thioether (sulfide) groups is 1. The number of amidine groups is 1. The van der Waals surface area contributed by atoms with E-state index in [1.807, 2.05) is 6.92 Å². The first-order valence-corrected chi connectivity index (χ1v) is 5.24. The van der Waals surface area contributed by atoms with Crippen LogP contribution in [0.2, 0.25) is 0 Å². The molecule has 0 radical (unpaired) electrons. The van der Waals surface area contributed by atoms with Gasteiger partial charge in [0.1, 0.15) is 0 Å². The minimum atomic E-state index is -0.196. The monoisotopic (exact) mass is 215 g/mol. The molecule has 0 aliphatic heterocycles. The molecule has 7 heteroatoms. The molecule has 0 atom stereocenters. The van der Waals surface area contributed by atoms with Crippen molar-refractivity contribution in [2.24, 2.45) is 5.73 Å². The molecule has 0 aliphatic rings. The first-order valence-electron chi connectivity index (χ1n) is 4.26. The Bertz CT molecular complexity index is 368. The van der Waals surface area contributed by atoms with Crippen LogP contribution in [-0.2, 0) is 6.54 Å². The van der Waals surface area contributed by atoms with Gasteiger partial charge in [0.2, 0.25) is 0 Å². The highest BCUT2D eigenvalue weighted by molar-refractivity contribution is 7.99. The van der Waals surface area contributed by atoms with E-state index in [1.165, 1.54) is 11.8 Å². The largest absolute Gasteiger partial charge is 0.388 e. The van der Waals surface area contributed by atoms with Gasteiger partial charge in [-0.1, -0.05) is 11.8 Å². The van der Waals surface area contributed by atoms with Gasteiger partial charge in [0.15, 0.2) is 5.16 Å². The third-order valence-corrected chi connectivity index (χ3v) is 2.62. The van der Waals surface area contributed by atoms with E-state index in [0.717, 1.165) is 0 Å². The van der Waals surface area contributed by atoms with Crippen LogP contribution < -0.4 is 11.4 Å². The third kappa shape index (κ3) is 2.63. The van der Waals surface area contributed by atoms with E-state index < -0.39 is 0 Å². The Kier molecular flexibility index (Phi) is 3.75. The average Bonchev–Trinajstić information content (AvgIpc) is 2.46. The zero-order valence-corrected chi connectivity index (χ0v) is 8.73. The van der Waals surface area contributed by atoms with Crippen LogP contribution in [0.1, 0.15) is 13.3 Å². The van der Waals surface area contributed by atoms with Crippen LogP contribution in [0.25, 0.3) is 0 Å². The molecule has 0 fully saturated rings. The van der Waals surface area contributed by atoms with Crippen molar-refractivity contribution in [3.05, 3.63) is 10.5 Å². The van der Waals surface area contributed by atoms with Crippen molar-refractivity contribution >= 4 is 17.6 Å². The van der Waals surface area contributed by atoms with Crippen LogP contribution in [0.5, 0.6) is 0 Å². The Morgan fingerprint density at radius 2 is 2.50 bits per heavy atom. The lowest BCUT2D eigenvalue weighted by Gasteiger charge is -2.00. The summed E-state index contributed by atoms with van der Waals surface area (Å²) in [6.07, 6.45) is 0.509. The Hall–Kier alpha value is -1.24. The molecule has 78 valence electrons. The van der Waals surface area contributed by atoms with E-state index in [1.54, 1.807) is 4.57 Å². The Morgan fingerprint density at radius 1 is 1.79 bits per heavy atom. The lowest BCUT2D eigenvalue weighted by Crippen LogP contribution is -2.16. The lowest BCUT2D eigenvalue weighted by molar-refractivity contribution is 0.660. The molecule has 0 unspecified atom stereocenters. The van der Waals surface area contributed by atoms with Crippen LogP contribution in [0.4, 0.5) is 0 Å². The molecule has 0 amide bonds. The quantitative estimate of drug-likeness (QED) is 0.366. The zero-order chi connectivity index (χ0) is 10.6. The predicted molar refractivity (Wildman–Crippen MR) is 55.8 cm³/mol. The molecule has 1 heterocycles. The minimum absolute atomic E-state index is 0.151. The minimum Gasteiger partial charge on any atom is -0.388 e. The van der Waals surface area contributed by atoms with Crippen molar-refractivity contribution < 1.29 is 0 Å². The van der Waals surface area contributed by atoms with Gasteiger partial charge in [-0.2, -0.15) is 0 Å². The second-order valence-corrected chi connectivity index (χ2v) is 3.74. The molecule has 0 saturated heterocycles. The molecule has 0 bridgehead atoms. The molecule has 0 aliphatic carbocycles. The summed E-state index contributed by atoms with van der Waals surface area (Å²) >= 11 is 1.42. The molecular weight excluding hydrogens is 202 g/mol. The molecule has 1 rings (SSSR count). The van der Waals surface area contributed by atoms with E-state index in [0.29, 0.717) is 23.9 Å². The number of nitrogens with one attached hydrogen (secondary N) is 2. The van der Waals surface area contributed by atoms with Crippen molar-refractivity contribution in [2.75, 3.05) is 5.75 Å². The molecule has 0 spiro atoms. The van der Waals surface area contributed by atoms with E-state index in [4.69, 9.17) is 11.1 Å². The standard InChI is InChI=1S/C7H13N5OS/c1-2-12-6(13)10-11-7(12)14-4-3-5(8)9/h2-4H2,1H3,(H3,8,9)(H,10,13). The summed E-state index contributed by atoms with van der Waals surface area (Å²) in [7, 11) is 0. The van der Waals surface area contributed by atoms with E-state index in [2.05, 4.69) is 10.2 Å². The number of H-pyrrole nitrogens is 1. The van der Waals surface area contributed by atoms with Gasteiger partial charge in [0.05, 0.1) is 5.84 Å². The van der Waals surface area contributed by atoms with Gasteiger partial charge in [-0.3, -0.25) is 9.98 Å². The Labute approximate surface area is 85.4 Å². The lowest BCUT2D eigenvalue weighted by atomic mass is 10.5. The smallest absolute Gasteiger partial charge is 0.343 e. The first-order chi connectivity index (χ1) is 6.65. The van der Waals surface area contributed by atoms with Crippen molar-refractivity contribution in [1.29, 1.82) is 5.41 Å². The van der Waals surface area contributed by atoms with Crippen LogP contribution in [-0.4, -0.2) is 26.4 Å². The van der Waals surface area contributed by atoms with E-state index >= 15 is 0 Å². The van der Waals surface area contributed by atoms with Crippen molar-refractivity contribution in [3.8, 4) is 0 Å². The SMILES string of the molecule is CCn1c(SCCC(=N)N)n[nH]c1=O. The van der Waals surface area contributed by atoms with Crippen LogP contribution in [0.15, 0.2) is 9.95 Å². The third-order valence-electron chi connectivity index (χ3n) is 1.64. The highest BCUT2D eigenvalue weighted by Crippen LogP contribution is 2.13. The van der Waals surface area contributed by atoms with Gasteiger partial charge in [0.25, 0.3) is 0 Å². The normalized spacial score (nSPS) is 10.4. The van der Waals surface area contributed by atoms with Gasteiger partial charge >= 0.3 is 5.69 Å². The summed E-state index contributed by atoms with van der Waals surface area (Å²) in [5.74, 6) is 0.818. The van der Waals surface area contributed by atoms with Gasteiger partial charge < -0.3 is 5.73 Å². The Morgan fingerprint density at radius 3 is 3.07 bits per heavy atom. The summed E-state index contributed by atoms with van der Waals surface area (Å²) < 4.78 is 1.55. The average molecular weight is 215 g/mol. The van der Waals surface area contributed by atoms with Crippen molar-refractivity contribution in [2.45, 2.75) is 25.0 Å². The molecule has 14 heavy (non-hydrogen) atoms. The summed E-state index contributed by atoms with van der Waals surface area (Å²) in [6.45, 7) is 2.48. The molecule has 0 saturated carbocycles. The van der Waals surface area contributed by atoms with E-state index in [-0.39, 0.29) is 11.5 Å². The molecule has 1 aromatic rings. The number of aromatic nitrogens is 3.